The number of rotatable bonds is 5. The van der Waals surface area contributed by atoms with Gasteiger partial charge in [0, 0.05) is 29.1 Å². The van der Waals surface area contributed by atoms with Crippen LogP contribution in [0.2, 0.25) is 5.02 Å². The summed E-state index contributed by atoms with van der Waals surface area (Å²) in [6.07, 6.45) is 0. The summed E-state index contributed by atoms with van der Waals surface area (Å²) in [6, 6.07) is 4.50. The van der Waals surface area contributed by atoms with E-state index in [-0.39, 0.29) is 11.9 Å². The molecule has 0 saturated heterocycles. The van der Waals surface area contributed by atoms with E-state index in [1.54, 1.807) is 23.5 Å². The molecule has 0 spiro atoms. The van der Waals surface area contributed by atoms with E-state index in [1.165, 1.54) is 6.07 Å². The third-order valence-electron chi connectivity index (χ3n) is 3.15. The van der Waals surface area contributed by atoms with E-state index < -0.39 is 0 Å². The van der Waals surface area contributed by atoms with Gasteiger partial charge in [-0.1, -0.05) is 17.7 Å². The van der Waals surface area contributed by atoms with E-state index in [0.29, 0.717) is 23.7 Å². The van der Waals surface area contributed by atoms with E-state index in [4.69, 9.17) is 17.3 Å². The number of thiazole rings is 1. The average Bonchev–Trinajstić information content (AvgIpc) is 2.78. The summed E-state index contributed by atoms with van der Waals surface area (Å²) < 4.78 is 14.0. The molecule has 1 atom stereocenters. The highest BCUT2D eigenvalue weighted by Gasteiger charge is 2.20. The van der Waals surface area contributed by atoms with Crippen molar-refractivity contribution < 1.29 is 4.39 Å². The van der Waals surface area contributed by atoms with Gasteiger partial charge in [-0.2, -0.15) is 0 Å². The standard InChI is InChI=1S/C14H17ClFN3S/c1-9-18-11(8-20-9)7-19(2)14(6-17)12-4-3-10(15)5-13(12)16/h3-5,8,14H,6-7,17H2,1-2H3. The monoisotopic (exact) mass is 313 g/mol. The molecule has 0 saturated carbocycles. The zero-order chi connectivity index (χ0) is 14.7. The minimum atomic E-state index is -0.325. The average molecular weight is 314 g/mol. The Morgan fingerprint density at radius 1 is 1.50 bits per heavy atom. The lowest BCUT2D eigenvalue weighted by Crippen LogP contribution is -2.31. The van der Waals surface area contributed by atoms with Gasteiger partial charge >= 0.3 is 0 Å². The molecule has 2 rings (SSSR count). The van der Waals surface area contributed by atoms with E-state index in [1.807, 2.05) is 24.3 Å². The van der Waals surface area contributed by atoms with Gasteiger partial charge in [-0.3, -0.25) is 4.90 Å². The van der Waals surface area contributed by atoms with Crippen LogP contribution in [0.5, 0.6) is 0 Å². The van der Waals surface area contributed by atoms with Crippen molar-refractivity contribution in [3.63, 3.8) is 0 Å². The van der Waals surface area contributed by atoms with Crippen LogP contribution in [0.1, 0.15) is 22.3 Å². The maximum absolute atomic E-state index is 14.0. The number of aryl methyl sites for hydroxylation is 1. The Hall–Kier alpha value is -1.01. The van der Waals surface area contributed by atoms with Crippen molar-refractivity contribution in [1.29, 1.82) is 0 Å². The van der Waals surface area contributed by atoms with E-state index in [0.717, 1.165) is 10.7 Å². The van der Waals surface area contributed by atoms with Crippen LogP contribution in [0.3, 0.4) is 0 Å². The van der Waals surface area contributed by atoms with Crippen LogP contribution in [0.15, 0.2) is 23.6 Å². The number of hydrogen-bond donors (Lipinski definition) is 1. The van der Waals surface area contributed by atoms with Crippen LogP contribution < -0.4 is 5.73 Å². The first kappa shape index (κ1) is 15.4. The van der Waals surface area contributed by atoms with Crippen LogP contribution >= 0.6 is 22.9 Å². The van der Waals surface area contributed by atoms with Crippen molar-refractivity contribution in [3.05, 3.63) is 50.7 Å². The normalized spacial score (nSPS) is 12.9. The van der Waals surface area contributed by atoms with Crippen molar-refractivity contribution >= 4 is 22.9 Å². The molecule has 1 unspecified atom stereocenters. The molecule has 6 heteroatoms. The van der Waals surface area contributed by atoms with Gasteiger partial charge in [-0.05, 0) is 26.1 Å². The lowest BCUT2D eigenvalue weighted by Gasteiger charge is -2.27. The molecule has 0 radical (unpaired) electrons. The molecule has 0 bridgehead atoms. The second-order valence-corrected chi connectivity index (χ2v) is 6.19. The van der Waals surface area contributed by atoms with Crippen molar-refractivity contribution in [2.75, 3.05) is 13.6 Å². The second kappa shape index (κ2) is 6.63. The van der Waals surface area contributed by atoms with Gasteiger partial charge in [0.2, 0.25) is 0 Å². The number of nitrogens with two attached hydrogens (primary N) is 1. The topological polar surface area (TPSA) is 42.2 Å². The maximum Gasteiger partial charge on any atom is 0.129 e. The summed E-state index contributed by atoms with van der Waals surface area (Å²) in [4.78, 5) is 6.42. The zero-order valence-electron chi connectivity index (χ0n) is 11.4. The van der Waals surface area contributed by atoms with Crippen LogP contribution in [0, 0.1) is 12.7 Å². The zero-order valence-corrected chi connectivity index (χ0v) is 13.0. The molecule has 2 N–H and O–H groups in total. The lowest BCUT2D eigenvalue weighted by molar-refractivity contribution is 0.234. The summed E-state index contributed by atoms with van der Waals surface area (Å²) in [5, 5.41) is 3.42. The molecule has 20 heavy (non-hydrogen) atoms. The fourth-order valence-corrected chi connectivity index (χ4v) is 2.93. The fraction of sp³-hybridized carbons (Fsp3) is 0.357. The van der Waals surface area contributed by atoms with Crippen molar-refractivity contribution in [1.82, 2.24) is 9.88 Å². The molecular formula is C14H17ClFN3S. The highest BCUT2D eigenvalue weighted by molar-refractivity contribution is 7.09. The lowest BCUT2D eigenvalue weighted by atomic mass is 10.0. The number of nitrogens with zero attached hydrogens (tertiary/aromatic N) is 2. The predicted octanol–water partition coefficient (Wildman–Crippen LogP) is 3.38. The molecule has 0 aliphatic carbocycles. The summed E-state index contributed by atoms with van der Waals surface area (Å²) >= 11 is 7.39. The number of hydrogen-bond acceptors (Lipinski definition) is 4. The highest BCUT2D eigenvalue weighted by Crippen LogP contribution is 2.25. The Bertz CT molecular complexity index is 588. The van der Waals surface area contributed by atoms with Crippen LogP contribution in [0.25, 0.3) is 0 Å². The minimum absolute atomic E-state index is 0.200. The van der Waals surface area contributed by atoms with Crippen LogP contribution in [-0.4, -0.2) is 23.5 Å². The van der Waals surface area contributed by atoms with Gasteiger partial charge in [0.25, 0.3) is 0 Å². The number of benzene rings is 1. The number of aromatic nitrogens is 1. The van der Waals surface area contributed by atoms with Gasteiger partial charge in [0.1, 0.15) is 5.82 Å². The van der Waals surface area contributed by atoms with Gasteiger partial charge in [-0.15, -0.1) is 11.3 Å². The molecule has 108 valence electrons. The molecule has 1 aromatic carbocycles. The molecule has 1 aromatic heterocycles. The first-order chi connectivity index (χ1) is 9.51. The Labute approximate surface area is 127 Å². The summed E-state index contributed by atoms with van der Waals surface area (Å²) in [5.41, 5.74) is 7.35. The molecular weight excluding hydrogens is 297 g/mol. The third kappa shape index (κ3) is 3.55. The molecule has 0 amide bonds. The van der Waals surface area contributed by atoms with Gasteiger partial charge in [0.15, 0.2) is 0 Å². The van der Waals surface area contributed by atoms with Gasteiger partial charge in [0.05, 0.1) is 16.7 Å². The first-order valence-electron chi connectivity index (χ1n) is 6.27. The maximum atomic E-state index is 14.0. The largest absolute Gasteiger partial charge is 0.329 e. The fourth-order valence-electron chi connectivity index (χ4n) is 2.16. The SMILES string of the molecule is Cc1nc(CN(C)C(CN)c2ccc(Cl)cc2F)cs1. The molecule has 2 aromatic rings. The van der Waals surface area contributed by atoms with Gasteiger partial charge < -0.3 is 5.73 Å². The molecule has 3 nitrogen and oxygen atoms in total. The molecule has 0 fully saturated rings. The first-order valence-corrected chi connectivity index (χ1v) is 7.53. The van der Waals surface area contributed by atoms with E-state index in [2.05, 4.69) is 4.98 Å². The minimum Gasteiger partial charge on any atom is -0.329 e. The molecule has 0 aliphatic rings. The van der Waals surface area contributed by atoms with E-state index >= 15 is 0 Å². The van der Waals surface area contributed by atoms with Crippen LogP contribution in [0.4, 0.5) is 4.39 Å². The Morgan fingerprint density at radius 2 is 2.25 bits per heavy atom. The van der Waals surface area contributed by atoms with Crippen molar-refractivity contribution in [3.8, 4) is 0 Å². The predicted molar refractivity (Wildman–Crippen MR) is 81.5 cm³/mol. The van der Waals surface area contributed by atoms with Crippen molar-refractivity contribution in [2.24, 2.45) is 5.73 Å². The Morgan fingerprint density at radius 3 is 2.80 bits per heavy atom. The summed E-state index contributed by atoms with van der Waals surface area (Å²) in [7, 11) is 1.92. The van der Waals surface area contributed by atoms with E-state index in [9.17, 15) is 4.39 Å². The Kier molecular flexibility index (Phi) is 5.10. The second-order valence-electron chi connectivity index (χ2n) is 4.69. The number of halogens is 2. The molecule has 1 heterocycles. The number of likely N-dealkylation sites (N-methyl/N-ethyl adjacent to an activating group) is 1. The van der Waals surface area contributed by atoms with Crippen LogP contribution in [-0.2, 0) is 6.54 Å². The highest BCUT2D eigenvalue weighted by atomic mass is 35.5. The van der Waals surface area contributed by atoms with Crippen molar-refractivity contribution in [2.45, 2.75) is 19.5 Å². The Balaban J connectivity index is 2.18. The van der Waals surface area contributed by atoms with Gasteiger partial charge in [-0.25, -0.2) is 9.37 Å². The third-order valence-corrected chi connectivity index (χ3v) is 4.21. The summed E-state index contributed by atoms with van der Waals surface area (Å²) in [6.45, 7) is 2.93. The smallest absolute Gasteiger partial charge is 0.129 e. The molecule has 0 aliphatic heterocycles. The summed E-state index contributed by atoms with van der Waals surface area (Å²) in [5.74, 6) is -0.325. The quantitative estimate of drug-likeness (QED) is 0.920.